The summed E-state index contributed by atoms with van der Waals surface area (Å²) in [6.07, 6.45) is 5.94. The lowest BCUT2D eigenvalue weighted by Gasteiger charge is -2.39. The molecule has 0 radical (unpaired) electrons. The Hall–Kier alpha value is -0.570. The number of carbonyl (C=O) groups is 1. The summed E-state index contributed by atoms with van der Waals surface area (Å²) in [5.74, 6) is 0.977. The van der Waals surface area contributed by atoms with Crippen LogP contribution in [0.2, 0.25) is 0 Å². The van der Waals surface area contributed by atoms with Gasteiger partial charge in [-0.1, -0.05) is 26.7 Å². The molecule has 3 nitrogen and oxygen atoms in total. The Morgan fingerprint density at radius 3 is 2.65 bits per heavy atom. The van der Waals surface area contributed by atoms with E-state index in [1.54, 1.807) is 0 Å². The van der Waals surface area contributed by atoms with Crippen molar-refractivity contribution in [3.63, 3.8) is 0 Å². The van der Waals surface area contributed by atoms with E-state index in [0.717, 1.165) is 32.6 Å². The van der Waals surface area contributed by atoms with Gasteiger partial charge in [-0.15, -0.1) is 0 Å². The topological polar surface area (TPSA) is 32.3 Å². The number of nitrogens with zero attached hydrogens (tertiary/aromatic N) is 1. The first kappa shape index (κ1) is 12.9. The molecule has 98 valence electrons. The van der Waals surface area contributed by atoms with Crippen molar-refractivity contribution in [3.05, 3.63) is 0 Å². The Balaban J connectivity index is 1.88. The number of rotatable bonds is 2. The van der Waals surface area contributed by atoms with Gasteiger partial charge in [0.05, 0.1) is 0 Å². The van der Waals surface area contributed by atoms with Crippen molar-refractivity contribution in [1.82, 2.24) is 10.2 Å². The zero-order valence-corrected chi connectivity index (χ0v) is 11.3. The van der Waals surface area contributed by atoms with Crippen molar-refractivity contribution < 1.29 is 4.79 Å². The summed E-state index contributed by atoms with van der Waals surface area (Å²) in [6, 6.07) is 0. The molecule has 1 aliphatic carbocycles. The lowest BCUT2D eigenvalue weighted by Crippen LogP contribution is -2.47. The van der Waals surface area contributed by atoms with E-state index in [2.05, 4.69) is 19.2 Å². The zero-order valence-electron chi connectivity index (χ0n) is 11.3. The third-order valence-electron chi connectivity index (χ3n) is 4.62. The number of carbonyl (C=O) groups excluding carboxylic acids is 1. The molecule has 1 saturated heterocycles. The highest BCUT2D eigenvalue weighted by molar-refractivity contribution is 5.76. The average molecular weight is 238 g/mol. The van der Waals surface area contributed by atoms with E-state index in [4.69, 9.17) is 0 Å². The second-order valence-electron chi connectivity index (χ2n) is 6.27. The maximum atomic E-state index is 12.3. The smallest absolute Gasteiger partial charge is 0.222 e. The van der Waals surface area contributed by atoms with Gasteiger partial charge in [0, 0.05) is 32.6 Å². The molecule has 1 saturated carbocycles. The van der Waals surface area contributed by atoms with Gasteiger partial charge in [-0.05, 0) is 24.2 Å². The van der Waals surface area contributed by atoms with E-state index >= 15 is 0 Å². The van der Waals surface area contributed by atoms with Crippen molar-refractivity contribution >= 4 is 5.91 Å². The standard InChI is InChI=1S/C14H26N2O/c1-14(2)6-4-3-5-12(14)11-13(17)16-9-7-15-8-10-16/h12,15H,3-11H2,1-2H3. The van der Waals surface area contributed by atoms with Gasteiger partial charge in [0.25, 0.3) is 0 Å². The minimum Gasteiger partial charge on any atom is -0.340 e. The second kappa shape index (κ2) is 5.38. The molecule has 2 rings (SSSR count). The van der Waals surface area contributed by atoms with E-state index in [-0.39, 0.29) is 0 Å². The highest BCUT2D eigenvalue weighted by Gasteiger charge is 2.34. The maximum absolute atomic E-state index is 12.3. The molecule has 1 amide bonds. The molecule has 0 spiro atoms. The first-order chi connectivity index (χ1) is 8.09. The van der Waals surface area contributed by atoms with Gasteiger partial charge < -0.3 is 10.2 Å². The maximum Gasteiger partial charge on any atom is 0.222 e. The molecule has 0 bridgehead atoms. The summed E-state index contributed by atoms with van der Waals surface area (Å²) in [5, 5.41) is 3.30. The number of hydrogen-bond acceptors (Lipinski definition) is 2. The number of amides is 1. The fraction of sp³-hybridized carbons (Fsp3) is 0.929. The summed E-state index contributed by atoms with van der Waals surface area (Å²) >= 11 is 0. The molecular weight excluding hydrogens is 212 g/mol. The van der Waals surface area contributed by atoms with Crippen LogP contribution in [0.25, 0.3) is 0 Å². The van der Waals surface area contributed by atoms with Crippen LogP contribution in [0.15, 0.2) is 0 Å². The van der Waals surface area contributed by atoms with Gasteiger partial charge in [-0.3, -0.25) is 4.79 Å². The first-order valence-corrected chi connectivity index (χ1v) is 7.08. The van der Waals surface area contributed by atoms with Crippen molar-refractivity contribution in [1.29, 1.82) is 0 Å². The monoisotopic (exact) mass is 238 g/mol. The predicted octanol–water partition coefficient (Wildman–Crippen LogP) is 2.02. The normalized spacial score (nSPS) is 29.1. The van der Waals surface area contributed by atoms with Crippen LogP contribution in [0.1, 0.15) is 46.0 Å². The molecule has 1 unspecified atom stereocenters. The van der Waals surface area contributed by atoms with Crippen molar-refractivity contribution in [2.24, 2.45) is 11.3 Å². The Morgan fingerprint density at radius 1 is 1.29 bits per heavy atom. The summed E-state index contributed by atoms with van der Waals surface area (Å²) in [6.45, 7) is 8.38. The summed E-state index contributed by atoms with van der Waals surface area (Å²) < 4.78 is 0. The van der Waals surface area contributed by atoms with Gasteiger partial charge in [0.2, 0.25) is 5.91 Å². The lowest BCUT2D eigenvalue weighted by atomic mass is 9.67. The summed E-state index contributed by atoms with van der Waals surface area (Å²) in [5.41, 5.74) is 0.363. The van der Waals surface area contributed by atoms with Gasteiger partial charge in [0.1, 0.15) is 0 Å². The van der Waals surface area contributed by atoms with E-state index in [1.165, 1.54) is 25.7 Å². The Bertz CT molecular complexity index is 269. The molecule has 2 aliphatic rings. The lowest BCUT2D eigenvalue weighted by molar-refractivity contribution is -0.134. The van der Waals surface area contributed by atoms with Crippen LogP contribution < -0.4 is 5.32 Å². The molecule has 1 aliphatic heterocycles. The average Bonchev–Trinajstić information content (AvgIpc) is 2.33. The molecule has 1 atom stereocenters. The first-order valence-electron chi connectivity index (χ1n) is 7.08. The van der Waals surface area contributed by atoms with Gasteiger partial charge in [-0.25, -0.2) is 0 Å². The third kappa shape index (κ3) is 3.21. The number of piperazine rings is 1. The van der Waals surface area contributed by atoms with Crippen molar-refractivity contribution in [2.75, 3.05) is 26.2 Å². The van der Waals surface area contributed by atoms with E-state index in [1.807, 2.05) is 4.90 Å². The van der Waals surface area contributed by atoms with Crippen LogP contribution in [0, 0.1) is 11.3 Å². The molecule has 3 heteroatoms. The summed E-state index contributed by atoms with van der Waals surface area (Å²) in [7, 11) is 0. The van der Waals surface area contributed by atoms with Crippen LogP contribution in [0.4, 0.5) is 0 Å². The third-order valence-corrected chi connectivity index (χ3v) is 4.62. The minimum atomic E-state index is 0.363. The van der Waals surface area contributed by atoms with Crippen LogP contribution in [-0.4, -0.2) is 37.0 Å². The predicted molar refractivity (Wildman–Crippen MR) is 69.8 cm³/mol. The zero-order chi connectivity index (χ0) is 12.3. The Kier molecular flexibility index (Phi) is 4.08. The van der Waals surface area contributed by atoms with E-state index < -0.39 is 0 Å². The second-order valence-corrected chi connectivity index (χ2v) is 6.27. The van der Waals surface area contributed by atoms with E-state index in [0.29, 0.717) is 17.2 Å². The molecule has 0 aromatic heterocycles. The fourth-order valence-electron chi connectivity index (χ4n) is 3.20. The molecule has 1 N–H and O–H groups in total. The highest BCUT2D eigenvalue weighted by atomic mass is 16.2. The quantitative estimate of drug-likeness (QED) is 0.798. The summed E-state index contributed by atoms with van der Waals surface area (Å²) in [4.78, 5) is 14.3. The van der Waals surface area contributed by atoms with Gasteiger partial charge in [-0.2, -0.15) is 0 Å². The van der Waals surface area contributed by atoms with Crippen molar-refractivity contribution in [3.8, 4) is 0 Å². The van der Waals surface area contributed by atoms with Gasteiger partial charge >= 0.3 is 0 Å². The molecule has 1 heterocycles. The Morgan fingerprint density at radius 2 is 2.00 bits per heavy atom. The largest absolute Gasteiger partial charge is 0.340 e. The number of nitrogens with one attached hydrogen (secondary N) is 1. The molecule has 0 aromatic carbocycles. The molecular formula is C14H26N2O. The molecule has 17 heavy (non-hydrogen) atoms. The van der Waals surface area contributed by atoms with Crippen molar-refractivity contribution in [2.45, 2.75) is 46.0 Å². The van der Waals surface area contributed by atoms with Crippen LogP contribution in [0.3, 0.4) is 0 Å². The SMILES string of the molecule is CC1(C)CCCCC1CC(=O)N1CCNCC1. The Labute approximate surface area is 105 Å². The fourth-order valence-corrected chi connectivity index (χ4v) is 3.20. The number of hydrogen-bond donors (Lipinski definition) is 1. The molecule has 2 fully saturated rings. The highest BCUT2D eigenvalue weighted by Crippen LogP contribution is 2.42. The van der Waals surface area contributed by atoms with Crippen LogP contribution in [-0.2, 0) is 4.79 Å². The minimum absolute atomic E-state index is 0.363. The van der Waals surface area contributed by atoms with Gasteiger partial charge in [0.15, 0.2) is 0 Å². The van der Waals surface area contributed by atoms with Crippen LogP contribution in [0.5, 0.6) is 0 Å². The van der Waals surface area contributed by atoms with Crippen LogP contribution >= 0.6 is 0 Å². The molecule has 0 aromatic rings. The van der Waals surface area contributed by atoms with E-state index in [9.17, 15) is 4.79 Å².